The molecule has 0 spiro atoms. The molecule has 20 heavy (non-hydrogen) atoms. The number of guanidine groups is 1. The van der Waals surface area contributed by atoms with E-state index in [1.54, 1.807) is 0 Å². The predicted molar refractivity (Wildman–Crippen MR) is 101 cm³/mol. The van der Waals surface area contributed by atoms with Crippen LogP contribution in [0.15, 0.2) is 4.99 Å². The van der Waals surface area contributed by atoms with Crippen LogP contribution in [-0.2, 0) is 0 Å². The topological polar surface area (TPSA) is 30.9 Å². The van der Waals surface area contributed by atoms with Crippen molar-refractivity contribution in [1.29, 1.82) is 0 Å². The minimum Gasteiger partial charge on any atom is -0.357 e. The number of hydrogen-bond acceptors (Lipinski definition) is 2. The third-order valence-electron chi connectivity index (χ3n) is 3.33. The Bertz CT molecular complexity index is 244. The van der Waals surface area contributed by atoms with Crippen LogP contribution in [0.1, 0.15) is 47.5 Å². The highest BCUT2D eigenvalue weighted by Crippen LogP contribution is 1.98. The Morgan fingerprint density at radius 3 is 2.25 bits per heavy atom. The predicted octanol–water partition coefficient (Wildman–Crippen LogP) is 3.03. The molecule has 0 aliphatic heterocycles. The number of nitrogens with zero attached hydrogens (tertiary/aromatic N) is 3. The fraction of sp³-hybridized carbons (Fsp3) is 0.933. The van der Waals surface area contributed by atoms with Crippen LogP contribution in [0.5, 0.6) is 0 Å². The molecule has 0 aromatic rings. The first-order valence-corrected chi connectivity index (χ1v) is 7.80. The van der Waals surface area contributed by atoms with Crippen LogP contribution in [0.25, 0.3) is 0 Å². The highest BCUT2D eigenvalue weighted by molar-refractivity contribution is 14.0. The second kappa shape index (κ2) is 13.9. The fourth-order valence-electron chi connectivity index (χ4n) is 2.04. The molecule has 0 saturated heterocycles. The SMILES string of the molecule is CCCCN(C)C(=NCCN(CC)C(C)C)NCC.I. The zero-order chi connectivity index (χ0) is 14.7. The van der Waals surface area contributed by atoms with Gasteiger partial charge in [0.05, 0.1) is 6.54 Å². The van der Waals surface area contributed by atoms with Crippen LogP contribution in [0.2, 0.25) is 0 Å². The average molecular weight is 398 g/mol. The molecule has 0 aliphatic carbocycles. The molecule has 122 valence electrons. The van der Waals surface area contributed by atoms with Gasteiger partial charge in [0, 0.05) is 32.7 Å². The molecule has 5 heteroatoms. The van der Waals surface area contributed by atoms with Crippen molar-refractivity contribution < 1.29 is 0 Å². The quantitative estimate of drug-likeness (QED) is 0.368. The third kappa shape index (κ3) is 9.80. The van der Waals surface area contributed by atoms with Crippen LogP contribution in [-0.4, -0.2) is 61.6 Å². The minimum atomic E-state index is 0. The van der Waals surface area contributed by atoms with Crippen LogP contribution in [0.3, 0.4) is 0 Å². The number of likely N-dealkylation sites (N-methyl/N-ethyl adjacent to an activating group) is 1. The smallest absolute Gasteiger partial charge is 0.193 e. The summed E-state index contributed by atoms with van der Waals surface area (Å²) in [7, 11) is 2.12. The lowest BCUT2D eigenvalue weighted by Gasteiger charge is -2.25. The molecule has 0 heterocycles. The van der Waals surface area contributed by atoms with Gasteiger partial charge in [0.2, 0.25) is 0 Å². The zero-order valence-corrected chi connectivity index (χ0v) is 16.6. The maximum Gasteiger partial charge on any atom is 0.193 e. The summed E-state index contributed by atoms with van der Waals surface area (Å²) >= 11 is 0. The average Bonchev–Trinajstić information content (AvgIpc) is 2.39. The lowest BCUT2D eigenvalue weighted by molar-refractivity contribution is 0.240. The second-order valence-electron chi connectivity index (χ2n) is 5.23. The first-order valence-electron chi connectivity index (χ1n) is 7.80. The van der Waals surface area contributed by atoms with E-state index in [0.717, 1.165) is 38.7 Å². The number of halogens is 1. The summed E-state index contributed by atoms with van der Waals surface area (Å²) in [5.41, 5.74) is 0. The maximum atomic E-state index is 4.73. The highest BCUT2D eigenvalue weighted by Gasteiger charge is 2.07. The summed E-state index contributed by atoms with van der Waals surface area (Å²) < 4.78 is 0. The number of rotatable bonds is 9. The molecule has 0 aliphatic rings. The molecular formula is C15H35IN4. The second-order valence-corrected chi connectivity index (χ2v) is 5.23. The molecule has 1 N–H and O–H groups in total. The summed E-state index contributed by atoms with van der Waals surface area (Å²) in [6.45, 7) is 16.0. The van der Waals surface area contributed by atoms with Gasteiger partial charge >= 0.3 is 0 Å². The molecule has 0 fully saturated rings. The molecule has 0 saturated carbocycles. The van der Waals surface area contributed by atoms with Gasteiger partial charge in [-0.1, -0.05) is 20.3 Å². The van der Waals surface area contributed by atoms with E-state index in [2.05, 4.69) is 56.8 Å². The molecule has 0 amide bonds. The van der Waals surface area contributed by atoms with Gasteiger partial charge in [-0.2, -0.15) is 0 Å². The van der Waals surface area contributed by atoms with Crippen LogP contribution in [0.4, 0.5) is 0 Å². The van der Waals surface area contributed by atoms with E-state index in [-0.39, 0.29) is 24.0 Å². The molecule has 4 nitrogen and oxygen atoms in total. The number of hydrogen-bond donors (Lipinski definition) is 1. The van der Waals surface area contributed by atoms with Crippen molar-refractivity contribution in [1.82, 2.24) is 15.1 Å². The monoisotopic (exact) mass is 398 g/mol. The Hall–Kier alpha value is -0.0400. The van der Waals surface area contributed by atoms with Crippen molar-refractivity contribution in [2.45, 2.75) is 53.5 Å². The summed E-state index contributed by atoms with van der Waals surface area (Å²) in [5.74, 6) is 1.04. The van der Waals surface area contributed by atoms with Crippen LogP contribution < -0.4 is 5.32 Å². The largest absolute Gasteiger partial charge is 0.357 e. The minimum absolute atomic E-state index is 0. The van der Waals surface area contributed by atoms with Gasteiger partial charge in [-0.3, -0.25) is 9.89 Å². The molecule has 0 bridgehead atoms. The van der Waals surface area contributed by atoms with Crippen LogP contribution in [0, 0.1) is 0 Å². The van der Waals surface area contributed by atoms with E-state index < -0.39 is 0 Å². The van der Waals surface area contributed by atoms with E-state index in [4.69, 9.17) is 4.99 Å². The molecule has 0 aromatic heterocycles. The van der Waals surface area contributed by atoms with Crippen molar-refractivity contribution in [3.8, 4) is 0 Å². The third-order valence-corrected chi connectivity index (χ3v) is 3.33. The van der Waals surface area contributed by atoms with Gasteiger partial charge in [-0.15, -0.1) is 24.0 Å². The Morgan fingerprint density at radius 2 is 1.80 bits per heavy atom. The Kier molecular flexibility index (Phi) is 15.5. The van der Waals surface area contributed by atoms with E-state index in [1.165, 1.54) is 12.8 Å². The molecule has 0 rings (SSSR count). The van der Waals surface area contributed by atoms with E-state index >= 15 is 0 Å². The van der Waals surface area contributed by atoms with Gasteiger partial charge < -0.3 is 10.2 Å². The maximum absolute atomic E-state index is 4.73. The van der Waals surface area contributed by atoms with E-state index in [1.807, 2.05) is 0 Å². The lowest BCUT2D eigenvalue weighted by Crippen LogP contribution is -2.40. The fourth-order valence-corrected chi connectivity index (χ4v) is 2.04. The standard InChI is InChI=1S/C15H34N4.HI/c1-7-10-12-18(6)15(16-8-2)17-11-13-19(9-3)14(4)5;/h14H,7-13H2,1-6H3,(H,16,17);1H. The first kappa shape index (κ1) is 22.2. The molecule has 0 unspecified atom stereocenters. The molecule has 0 atom stereocenters. The molecular weight excluding hydrogens is 363 g/mol. The van der Waals surface area contributed by atoms with Gasteiger partial charge in [0.15, 0.2) is 5.96 Å². The van der Waals surface area contributed by atoms with E-state index in [0.29, 0.717) is 6.04 Å². The Morgan fingerprint density at radius 1 is 1.15 bits per heavy atom. The Balaban J connectivity index is 0. The van der Waals surface area contributed by atoms with Gasteiger partial charge in [-0.05, 0) is 33.7 Å². The number of nitrogens with one attached hydrogen (secondary N) is 1. The summed E-state index contributed by atoms with van der Waals surface area (Å²) in [5, 5.41) is 3.37. The first-order chi connectivity index (χ1) is 9.06. The van der Waals surface area contributed by atoms with Gasteiger partial charge in [0.1, 0.15) is 0 Å². The lowest BCUT2D eigenvalue weighted by atomic mass is 10.3. The van der Waals surface area contributed by atoms with E-state index in [9.17, 15) is 0 Å². The van der Waals surface area contributed by atoms with Crippen molar-refractivity contribution in [3.05, 3.63) is 0 Å². The normalized spacial score (nSPS) is 11.7. The molecule has 0 aromatic carbocycles. The zero-order valence-electron chi connectivity index (χ0n) is 14.3. The van der Waals surface area contributed by atoms with Crippen molar-refractivity contribution in [2.24, 2.45) is 4.99 Å². The summed E-state index contributed by atoms with van der Waals surface area (Å²) in [6.07, 6.45) is 2.44. The summed E-state index contributed by atoms with van der Waals surface area (Å²) in [4.78, 5) is 9.40. The summed E-state index contributed by atoms with van der Waals surface area (Å²) in [6, 6.07) is 0.598. The number of unbranched alkanes of at least 4 members (excludes halogenated alkanes) is 1. The number of aliphatic imine (C=N–C) groups is 1. The Labute approximate surface area is 143 Å². The molecule has 0 radical (unpaired) electrons. The van der Waals surface area contributed by atoms with Crippen molar-refractivity contribution in [3.63, 3.8) is 0 Å². The highest BCUT2D eigenvalue weighted by atomic mass is 127. The van der Waals surface area contributed by atoms with Crippen LogP contribution >= 0.6 is 24.0 Å². The van der Waals surface area contributed by atoms with Gasteiger partial charge in [0.25, 0.3) is 0 Å². The van der Waals surface area contributed by atoms with Crippen molar-refractivity contribution in [2.75, 3.05) is 39.8 Å². The van der Waals surface area contributed by atoms with Crippen molar-refractivity contribution >= 4 is 29.9 Å². The van der Waals surface area contributed by atoms with Gasteiger partial charge in [-0.25, -0.2) is 0 Å².